The lowest BCUT2D eigenvalue weighted by molar-refractivity contribution is -0.138. The van der Waals surface area contributed by atoms with Gasteiger partial charge in [0.25, 0.3) is 5.91 Å². The molecule has 0 spiro atoms. The van der Waals surface area contributed by atoms with E-state index in [1.807, 2.05) is 0 Å². The number of amides is 2. The molecule has 1 aromatic carbocycles. The molecule has 1 saturated heterocycles. The van der Waals surface area contributed by atoms with Gasteiger partial charge in [0.2, 0.25) is 5.91 Å². The second-order valence-electron chi connectivity index (χ2n) is 5.82. The van der Waals surface area contributed by atoms with Crippen LogP contribution in [0.2, 0.25) is 0 Å². The van der Waals surface area contributed by atoms with Crippen LogP contribution in [0, 0.1) is 0 Å². The summed E-state index contributed by atoms with van der Waals surface area (Å²) in [6.07, 6.45) is 0. The summed E-state index contributed by atoms with van der Waals surface area (Å²) in [4.78, 5) is 28.3. The average molecular weight is 366 g/mol. The quantitative estimate of drug-likeness (QED) is 0.629. The first kappa shape index (κ1) is 20.0. The molecule has 2 rings (SSSR count). The number of rotatable bonds is 8. The van der Waals surface area contributed by atoms with Crippen molar-refractivity contribution in [3.05, 3.63) is 23.8 Å². The third-order valence-electron chi connectivity index (χ3n) is 4.18. The minimum Gasteiger partial charge on any atom is -0.497 e. The molecule has 0 bridgehead atoms. The number of nitrogens with zero attached hydrogens (tertiary/aromatic N) is 2. The van der Waals surface area contributed by atoms with Gasteiger partial charge in [-0.25, -0.2) is 0 Å². The average Bonchev–Trinajstić information content (AvgIpc) is 2.70. The van der Waals surface area contributed by atoms with Crippen LogP contribution in [0.5, 0.6) is 11.5 Å². The van der Waals surface area contributed by atoms with Crippen LogP contribution in [0.3, 0.4) is 0 Å². The van der Waals surface area contributed by atoms with Crippen LogP contribution in [0.1, 0.15) is 10.4 Å². The Morgan fingerprint density at radius 2 is 1.46 bits per heavy atom. The number of benzene rings is 1. The number of carbonyl (C=O) groups is 2. The molecule has 0 N–H and O–H groups in total. The summed E-state index contributed by atoms with van der Waals surface area (Å²) < 4.78 is 20.6. The van der Waals surface area contributed by atoms with Crippen molar-refractivity contribution in [3.63, 3.8) is 0 Å². The highest BCUT2D eigenvalue weighted by molar-refractivity contribution is 5.95. The summed E-state index contributed by atoms with van der Waals surface area (Å²) in [5.74, 6) is 0.950. The molecular weight excluding hydrogens is 340 g/mol. The van der Waals surface area contributed by atoms with E-state index in [9.17, 15) is 9.59 Å². The first-order valence-electron chi connectivity index (χ1n) is 8.45. The van der Waals surface area contributed by atoms with Crippen molar-refractivity contribution >= 4 is 11.8 Å². The molecule has 0 aliphatic carbocycles. The number of hydrogen-bond acceptors (Lipinski definition) is 6. The van der Waals surface area contributed by atoms with Gasteiger partial charge in [0.1, 0.15) is 18.1 Å². The van der Waals surface area contributed by atoms with E-state index in [2.05, 4.69) is 0 Å². The van der Waals surface area contributed by atoms with Crippen molar-refractivity contribution in [1.29, 1.82) is 0 Å². The number of hydrogen-bond donors (Lipinski definition) is 0. The van der Waals surface area contributed by atoms with Crippen LogP contribution in [0.25, 0.3) is 0 Å². The summed E-state index contributed by atoms with van der Waals surface area (Å²) in [5.41, 5.74) is 0.504. The minimum absolute atomic E-state index is 0.0321. The van der Waals surface area contributed by atoms with E-state index in [0.29, 0.717) is 56.5 Å². The summed E-state index contributed by atoms with van der Waals surface area (Å²) in [5, 5.41) is 0. The molecule has 8 nitrogen and oxygen atoms in total. The second-order valence-corrected chi connectivity index (χ2v) is 5.82. The Labute approximate surface area is 153 Å². The SMILES string of the molecule is COCCOCC(=O)N1CCN(C(=O)c2cc(OC)cc(OC)c2)CC1. The van der Waals surface area contributed by atoms with Gasteiger partial charge in [-0.05, 0) is 12.1 Å². The fourth-order valence-electron chi connectivity index (χ4n) is 2.67. The van der Waals surface area contributed by atoms with Crippen LogP contribution in [-0.2, 0) is 14.3 Å². The zero-order valence-electron chi connectivity index (χ0n) is 15.5. The molecule has 8 heteroatoms. The lowest BCUT2D eigenvalue weighted by atomic mass is 10.1. The molecule has 0 radical (unpaired) electrons. The van der Waals surface area contributed by atoms with Crippen molar-refractivity contribution in [2.45, 2.75) is 0 Å². The fourth-order valence-corrected chi connectivity index (χ4v) is 2.67. The van der Waals surface area contributed by atoms with E-state index < -0.39 is 0 Å². The number of piperazine rings is 1. The molecule has 1 aliphatic rings. The van der Waals surface area contributed by atoms with Crippen molar-refractivity contribution < 1.29 is 28.5 Å². The lowest BCUT2D eigenvalue weighted by Gasteiger charge is -2.34. The molecule has 26 heavy (non-hydrogen) atoms. The predicted molar refractivity (Wildman–Crippen MR) is 94.7 cm³/mol. The van der Waals surface area contributed by atoms with Gasteiger partial charge in [-0.3, -0.25) is 9.59 Å². The minimum atomic E-state index is -0.106. The van der Waals surface area contributed by atoms with E-state index in [1.165, 1.54) is 0 Å². The first-order valence-corrected chi connectivity index (χ1v) is 8.45. The fraction of sp³-hybridized carbons (Fsp3) is 0.556. The van der Waals surface area contributed by atoms with Crippen LogP contribution >= 0.6 is 0 Å². The van der Waals surface area contributed by atoms with Crippen molar-refractivity contribution in [1.82, 2.24) is 9.80 Å². The predicted octanol–water partition coefficient (Wildman–Crippen LogP) is 0.651. The number of carbonyl (C=O) groups excluding carboxylic acids is 2. The maximum atomic E-state index is 12.7. The maximum Gasteiger partial charge on any atom is 0.254 e. The van der Waals surface area contributed by atoms with Crippen molar-refractivity contribution in [2.75, 3.05) is 67.3 Å². The highest BCUT2D eigenvalue weighted by Crippen LogP contribution is 2.23. The van der Waals surface area contributed by atoms with Crippen molar-refractivity contribution in [3.8, 4) is 11.5 Å². The highest BCUT2D eigenvalue weighted by atomic mass is 16.5. The summed E-state index contributed by atoms with van der Waals surface area (Å²) in [6, 6.07) is 5.09. The monoisotopic (exact) mass is 366 g/mol. The molecule has 0 aromatic heterocycles. The summed E-state index contributed by atoms with van der Waals surface area (Å²) in [6.45, 7) is 2.80. The molecule has 0 unspecified atom stereocenters. The normalized spacial score (nSPS) is 14.3. The van der Waals surface area contributed by atoms with E-state index >= 15 is 0 Å². The Balaban J connectivity index is 1.89. The van der Waals surface area contributed by atoms with E-state index in [-0.39, 0.29) is 18.4 Å². The van der Waals surface area contributed by atoms with E-state index in [0.717, 1.165) is 0 Å². The van der Waals surface area contributed by atoms with Gasteiger partial charge in [0.05, 0.1) is 27.4 Å². The third-order valence-corrected chi connectivity index (χ3v) is 4.18. The van der Waals surface area contributed by atoms with Gasteiger partial charge in [0, 0.05) is 44.9 Å². The molecule has 1 fully saturated rings. The van der Waals surface area contributed by atoms with E-state index in [4.69, 9.17) is 18.9 Å². The molecule has 0 atom stereocenters. The molecule has 2 amide bonds. The molecule has 1 aliphatic heterocycles. The van der Waals surface area contributed by atoms with Crippen molar-refractivity contribution in [2.24, 2.45) is 0 Å². The van der Waals surface area contributed by atoms with Crippen LogP contribution in [0.15, 0.2) is 18.2 Å². The van der Waals surface area contributed by atoms with Gasteiger partial charge in [-0.15, -0.1) is 0 Å². The highest BCUT2D eigenvalue weighted by Gasteiger charge is 2.25. The number of methoxy groups -OCH3 is 3. The Bertz CT molecular complexity index is 591. The van der Waals surface area contributed by atoms with Gasteiger partial charge in [0.15, 0.2) is 0 Å². The summed E-state index contributed by atoms with van der Waals surface area (Å²) >= 11 is 0. The molecular formula is C18H26N2O6. The van der Waals surface area contributed by atoms with Gasteiger partial charge in [-0.1, -0.05) is 0 Å². The Hall–Kier alpha value is -2.32. The Kier molecular flexibility index (Phi) is 7.68. The van der Waals surface area contributed by atoms with E-state index in [1.54, 1.807) is 49.3 Å². The Morgan fingerprint density at radius 1 is 0.885 bits per heavy atom. The second kappa shape index (κ2) is 9.98. The molecule has 0 saturated carbocycles. The van der Waals surface area contributed by atoms with Crippen LogP contribution < -0.4 is 9.47 Å². The molecule has 1 aromatic rings. The van der Waals surface area contributed by atoms with Gasteiger partial charge in [-0.2, -0.15) is 0 Å². The van der Waals surface area contributed by atoms with Gasteiger partial charge < -0.3 is 28.7 Å². The standard InChI is InChI=1S/C18H26N2O6/c1-23-8-9-26-13-17(21)19-4-6-20(7-5-19)18(22)14-10-15(24-2)12-16(11-14)25-3/h10-12H,4-9,13H2,1-3H3. The lowest BCUT2D eigenvalue weighted by Crippen LogP contribution is -2.51. The third kappa shape index (κ3) is 5.34. The smallest absolute Gasteiger partial charge is 0.254 e. The largest absolute Gasteiger partial charge is 0.497 e. The summed E-state index contributed by atoms with van der Waals surface area (Å²) in [7, 11) is 4.67. The maximum absolute atomic E-state index is 12.7. The number of ether oxygens (including phenoxy) is 4. The molecule has 1 heterocycles. The zero-order chi connectivity index (χ0) is 18.9. The Morgan fingerprint density at radius 3 is 2.00 bits per heavy atom. The van der Waals surface area contributed by atoms with Crippen LogP contribution in [-0.4, -0.2) is 88.9 Å². The van der Waals surface area contributed by atoms with Crippen LogP contribution in [0.4, 0.5) is 0 Å². The molecule has 144 valence electrons. The topological polar surface area (TPSA) is 77.5 Å². The van der Waals surface area contributed by atoms with Gasteiger partial charge >= 0.3 is 0 Å². The zero-order valence-corrected chi connectivity index (χ0v) is 15.5. The first-order chi connectivity index (χ1) is 12.6.